The van der Waals surface area contributed by atoms with E-state index < -0.39 is 0 Å². The van der Waals surface area contributed by atoms with E-state index in [1.54, 1.807) is 0 Å². The first-order valence-electron chi connectivity index (χ1n) is 9.29. The zero-order valence-electron chi connectivity index (χ0n) is 16.0. The lowest BCUT2D eigenvalue weighted by atomic mass is 10.1. The lowest BCUT2D eigenvalue weighted by molar-refractivity contribution is -0.0816. The van der Waals surface area contributed by atoms with Crippen LogP contribution in [0.5, 0.6) is 0 Å². The molecule has 0 aliphatic carbocycles. The van der Waals surface area contributed by atoms with E-state index in [4.69, 9.17) is 14.0 Å². The molecule has 2 aliphatic heterocycles. The van der Waals surface area contributed by atoms with Gasteiger partial charge in [0.1, 0.15) is 11.9 Å². The number of ether oxygens (including phenoxy) is 2. The third-order valence-corrected chi connectivity index (χ3v) is 5.05. The Balaban J connectivity index is 0.00000243. The van der Waals surface area contributed by atoms with Crippen LogP contribution in [0.4, 0.5) is 0 Å². The van der Waals surface area contributed by atoms with Crippen molar-refractivity contribution < 1.29 is 14.0 Å². The summed E-state index contributed by atoms with van der Waals surface area (Å²) in [5.74, 6) is 1.87. The normalized spacial score (nSPS) is 23.8. The van der Waals surface area contributed by atoms with Crippen LogP contribution >= 0.6 is 24.0 Å². The van der Waals surface area contributed by atoms with Crippen LogP contribution in [-0.4, -0.2) is 68.1 Å². The van der Waals surface area contributed by atoms with Crippen LogP contribution in [-0.2, 0) is 15.9 Å². The second-order valence-corrected chi connectivity index (χ2v) is 6.79. The molecule has 2 fully saturated rings. The summed E-state index contributed by atoms with van der Waals surface area (Å²) < 4.78 is 16.9. The van der Waals surface area contributed by atoms with Crippen molar-refractivity contribution in [2.45, 2.75) is 51.7 Å². The number of morpholine rings is 1. The summed E-state index contributed by atoms with van der Waals surface area (Å²) in [7, 11) is 1.84. The van der Waals surface area contributed by atoms with Crippen LogP contribution in [0, 0.1) is 13.8 Å². The predicted molar refractivity (Wildman–Crippen MR) is 111 cm³/mol. The minimum atomic E-state index is 0. The van der Waals surface area contributed by atoms with Gasteiger partial charge in [-0.25, -0.2) is 0 Å². The maximum atomic E-state index is 5.92. The molecule has 0 spiro atoms. The first-order valence-corrected chi connectivity index (χ1v) is 9.29. The Kier molecular flexibility index (Phi) is 8.62. The molecule has 8 heteroatoms. The van der Waals surface area contributed by atoms with E-state index in [2.05, 4.69) is 20.4 Å². The minimum Gasteiger partial charge on any atom is -0.375 e. The molecule has 2 unspecified atom stereocenters. The van der Waals surface area contributed by atoms with E-state index in [1.165, 1.54) is 5.56 Å². The zero-order valence-corrected chi connectivity index (χ0v) is 18.3. The number of halogens is 1. The largest absolute Gasteiger partial charge is 0.375 e. The number of nitrogens with one attached hydrogen (secondary N) is 1. The molecule has 1 N–H and O–H groups in total. The first kappa shape index (κ1) is 21.4. The molecule has 1 aromatic heterocycles. The number of aliphatic imine (C=N–C) groups is 1. The van der Waals surface area contributed by atoms with Crippen molar-refractivity contribution in [2.24, 2.45) is 4.99 Å². The van der Waals surface area contributed by atoms with Gasteiger partial charge in [0.05, 0.1) is 18.4 Å². The predicted octanol–water partition coefficient (Wildman–Crippen LogP) is 2.30. The molecule has 0 radical (unpaired) electrons. The average molecular weight is 478 g/mol. The molecular weight excluding hydrogens is 447 g/mol. The van der Waals surface area contributed by atoms with Crippen LogP contribution in [0.1, 0.15) is 36.3 Å². The third-order valence-electron chi connectivity index (χ3n) is 5.05. The number of hydrogen-bond acceptors (Lipinski definition) is 5. The summed E-state index contributed by atoms with van der Waals surface area (Å²) in [5, 5.41) is 7.49. The van der Waals surface area contributed by atoms with Gasteiger partial charge in [0, 0.05) is 38.9 Å². The topological polar surface area (TPSA) is 72.1 Å². The molecule has 3 rings (SSSR count). The quantitative estimate of drug-likeness (QED) is 0.303. The number of aryl methyl sites for hydroxylation is 2. The lowest BCUT2D eigenvalue weighted by Crippen LogP contribution is -2.53. The van der Waals surface area contributed by atoms with E-state index in [0.29, 0.717) is 0 Å². The molecule has 0 aromatic carbocycles. The Morgan fingerprint density at radius 3 is 2.73 bits per heavy atom. The van der Waals surface area contributed by atoms with Crippen LogP contribution < -0.4 is 5.32 Å². The molecule has 0 saturated carbocycles. The van der Waals surface area contributed by atoms with Crippen LogP contribution in [0.25, 0.3) is 0 Å². The van der Waals surface area contributed by atoms with Gasteiger partial charge in [-0.05, 0) is 39.5 Å². The highest BCUT2D eigenvalue weighted by molar-refractivity contribution is 14.0. The molecule has 148 valence electrons. The second kappa shape index (κ2) is 10.5. The Bertz CT molecular complexity index is 567. The maximum absolute atomic E-state index is 5.92. The third kappa shape index (κ3) is 5.32. The SMILES string of the molecule is CN=C(NCCCc1c(C)noc1C)N1CCOC(C2CCCO2)C1.I. The van der Waals surface area contributed by atoms with Gasteiger partial charge in [0.2, 0.25) is 0 Å². The summed E-state index contributed by atoms with van der Waals surface area (Å²) in [6.45, 7) is 8.14. The molecule has 2 atom stereocenters. The highest BCUT2D eigenvalue weighted by Crippen LogP contribution is 2.21. The molecule has 7 nitrogen and oxygen atoms in total. The summed E-state index contributed by atoms with van der Waals surface area (Å²) in [6.07, 6.45) is 4.60. The molecule has 1 aromatic rings. The van der Waals surface area contributed by atoms with Gasteiger partial charge in [-0.2, -0.15) is 0 Å². The lowest BCUT2D eigenvalue weighted by Gasteiger charge is -2.37. The number of hydrogen-bond donors (Lipinski definition) is 1. The monoisotopic (exact) mass is 478 g/mol. The average Bonchev–Trinajstić information content (AvgIpc) is 3.27. The van der Waals surface area contributed by atoms with Crippen molar-refractivity contribution in [3.63, 3.8) is 0 Å². The van der Waals surface area contributed by atoms with Gasteiger partial charge in [-0.3, -0.25) is 4.99 Å². The summed E-state index contributed by atoms with van der Waals surface area (Å²) >= 11 is 0. The van der Waals surface area contributed by atoms with E-state index in [9.17, 15) is 0 Å². The fourth-order valence-corrected chi connectivity index (χ4v) is 3.64. The fraction of sp³-hybridized carbons (Fsp3) is 0.778. The Morgan fingerprint density at radius 2 is 2.08 bits per heavy atom. The fourth-order valence-electron chi connectivity index (χ4n) is 3.64. The van der Waals surface area contributed by atoms with Gasteiger partial charge < -0.3 is 24.2 Å². The van der Waals surface area contributed by atoms with Crippen molar-refractivity contribution >= 4 is 29.9 Å². The highest BCUT2D eigenvalue weighted by atomic mass is 127. The standard InChI is InChI=1S/C18H30N4O3.HI/c1-13-15(14(2)25-21-13)6-4-8-20-18(19-3)22-9-11-24-17(12-22)16-7-5-10-23-16;/h16-17H,4-12H2,1-3H3,(H,19,20);1H. The summed E-state index contributed by atoms with van der Waals surface area (Å²) in [4.78, 5) is 6.73. The Hall–Kier alpha value is -0.870. The molecule has 0 bridgehead atoms. The van der Waals surface area contributed by atoms with Crippen LogP contribution in [0.2, 0.25) is 0 Å². The molecule has 0 amide bonds. The van der Waals surface area contributed by atoms with Crippen molar-refractivity contribution in [2.75, 3.05) is 39.9 Å². The van der Waals surface area contributed by atoms with Crippen molar-refractivity contribution in [1.82, 2.24) is 15.4 Å². The van der Waals surface area contributed by atoms with E-state index in [1.807, 2.05) is 20.9 Å². The number of guanidine groups is 1. The molecule has 2 saturated heterocycles. The van der Waals surface area contributed by atoms with Gasteiger partial charge in [0.25, 0.3) is 0 Å². The smallest absolute Gasteiger partial charge is 0.193 e. The van der Waals surface area contributed by atoms with Crippen molar-refractivity contribution in [3.05, 3.63) is 17.0 Å². The van der Waals surface area contributed by atoms with Gasteiger partial charge in [-0.15, -0.1) is 24.0 Å². The van der Waals surface area contributed by atoms with E-state index in [0.717, 1.165) is 75.9 Å². The first-order chi connectivity index (χ1) is 12.2. The highest BCUT2D eigenvalue weighted by Gasteiger charge is 2.32. The maximum Gasteiger partial charge on any atom is 0.193 e. The van der Waals surface area contributed by atoms with Crippen LogP contribution in [0.3, 0.4) is 0 Å². The molecule has 26 heavy (non-hydrogen) atoms. The molecule has 2 aliphatic rings. The number of nitrogens with zero attached hydrogens (tertiary/aromatic N) is 3. The van der Waals surface area contributed by atoms with Crippen molar-refractivity contribution in [1.29, 1.82) is 0 Å². The minimum absolute atomic E-state index is 0. The molecule has 3 heterocycles. The van der Waals surface area contributed by atoms with E-state index in [-0.39, 0.29) is 36.2 Å². The van der Waals surface area contributed by atoms with Gasteiger partial charge in [-0.1, -0.05) is 5.16 Å². The van der Waals surface area contributed by atoms with Gasteiger partial charge >= 0.3 is 0 Å². The Morgan fingerprint density at radius 1 is 1.27 bits per heavy atom. The number of aromatic nitrogens is 1. The van der Waals surface area contributed by atoms with E-state index >= 15 is 0 Å². The second-order valence-electron chi connectivity index (χ2n) is 6.79. The summed E-state index contributed by atoms with van der Waals surface area (Å²) in [5.41, 5.74) is 2.22. The zero-order chi connectivity index (χ0) is 17.6. The molecular formula is C18H31IN4O3. The van der Waals surface area contributed by atoms with Gasteiger partial charge in [0.15, 0.2) is 5.96 Å². The Labute approximate surface area is 172 Å². The van der Waals surface area contributed by atoms with Crippen molar-refractivity contribution in [3.8, 4) is 0 Å². The van der Waals surface area contributed by atoms with Crippen LogP contribution in [0.15, 0.2) is 9.52 Å². The number of rotatable bonds is 5. The summed E-state index contributed by atoms with van der Waals surface area (Å²) in [6, 6.07) is 0.